The maximum atomic E-state index is 6.51. The lowest BCUT2D eigenvalue weighted by atomic mass is 9.84. The fourth-order valence-corrected chi connectivity index (χ4v) is 5.13. The SMILES string of the molecule is CC(C)c1cccc(-c2cc(C(C)(C)C)cc3oc(-c4ccccc4N=Cc4cccc5ccccc45)nc23)c1. The summed E-state index contributed by atoms with van der Waals surface area (Å²) < 4.78 is 6.51. The first-order valence-corrected chi connectivity index (χ1v) is 13.9. The largest absolute Gasteiger partial charge is 0.436 e. The van der Waals surface area contributed by atoms with Crippen LogP contribution in [0.2, 0.25) is 0 Å². The molecule has 6 aromatic rings. The quantitative estimate of drug-likeness (QED) is 0.211. The molecule has 0 N–H and O–H groups in total. The second kappa shape index (κ2) is 10.2. The molecular weight excluding hydrogens is 488 g/mol. The van der Waals surface area contributed by atoms with Crippen LogP contribution in [0.25, 0.3) is 44.5 Å². The van der Waals surface area contributed by atoms with Crippen molar-refractivity contribution in [3.63, 3.8) is 0 Å². The van der Waals surface area contributed by atoms with E-state index in [4.69, 9.17) is 14.4 Å². The Morgan fingerprint density at radius 1 is 0.775 bits per heavy atom. The number of para-hydroxylation sites is 1. The lowest BCUT2D eigenvalue weighted by molar-refractivity contribution is 0.584. The average molecular weight is 523 g/mol. The maximum Gasteiger partial charge on any atom is 0.229 e. The molecule has 0 unspecified atom stereocenters. The zero-order valence-electron chi connectivity index (χ0n) is 23.8. The number of aliphatic imine (C=N–C) groups is 1. The highest BCUT2D eigenvalue weighted by atomic mass is 16.3. The summed E-state index contributed by atoms with van der Waals surface area (Å²) in [5.41, 5.74) is 9.17. The van der Waals surface area contributed by atoms with Gasteiger partial charge in [-0.3, -0.25) is 4.99 Å². The number of fused-ring (bicyclic) bond motifs is 2. The van der Waals surface area contributed by atoms with Gasteiger partial charge >= 0.3 is 0 Å². The van der Waals surface area contributed by atoms with E-state index in [1.807, 2.05) is 30.5 Å². The number of aromatic nitrogens is 1. The third-order valence-corrected chi connectivity index (χ3v) is 7.53. The van der Waals surface area contributed by atoms with Crippen LogP contribution in [0, 0.1) is 0 Å². The topological polar surface area (TPSA) is 38.4 Å². The Morgan fingerprint density at radius 3 is 2.35 bits per heavy atom. The molecule has 0 fully saturated rings. The smallest absolute Gasteiger partial charge is 0.229 e. The molecule has 0 radical (unpaired) electrons. The van der Waals surface area contributed by atoms with Crippen LogP contribution in [0.15, 0.2) is 113 Å². The van der Waals surface area contributed by atoms with Gasteiger partial charge in [-0.15, -0.1) is 0 Å². The van der Waals surface area contributed by atoms with Gasteiger partial charge in [-0.2, -0.15) is 0 Å². The van der Waals surface area contributed by atoms with Crippen molar-refractivity contribution in [2.24, 2.45) is 4.99 Å². The van der Waals surface area contributed by atoms with E-state index in [0.717, 1.165) is 39.0 Å². The van der Waals surface area contributed by atoms with Gasteiger partial charge in [0.2, 0.25) is 5.89 Å². The number of hydrogen-bond acceptors (Lipinski definition) is 3. The third kappa shape index (κ3) is 4.96. The highest BCUT2D eigenvalue weighted by molar-refractivity contribution is 6.01. The van der Waals surface area contributed by atoms with Gasteiger partial charge in [-0.25, -0.2) is 4.98 Å². The van der Waals surface area contributed by atoms with Gasteiger partial charge in [0.15, 0.2) is 5.58 Å². The second-order valence-corrected chi connectivity index (χ2v) is 11.8. The molecule has 1 heterocycles. The number of nitrogens with zero attached hydrogens (tertiary/aromatic N) is 2. The first-order chi connectivity index (χ1) is 19.3. The van der Waals surface area contributed by atoms with Crippen LogP contribution in [-0.2, 0) is 5.41 Å². The van der Waals surface area contributed by atoms with E-state index in [1.165, 1.54) is 21.9 Å². The highest BCUT2D eigenvalue weighted by Gasteiger charge is 2.21. The molecule has 0 amide bonds. The molecule has 5 aromatic carbocycles. The van der Waals surface area contributed by atoms with E-state index >= 15 is 0 Å². The fraction of sp³-hybridized carbons (Fsp3) is 0.189. The van der Waals surface area contributed by atoms with Crippen LogP contribution in [0.4, 0.5) is 5.69 Å². The van der Waals surface area contributed by atoms with Crippen molar-refractivity contribution in [3.8, 4) is 22.6 Å². The molecule has 198 valence electrons. The Balaban J connectivity index is 1.49. The van der Waals surface area contributed by atoms with Gasteiger partial charge in [-0.1, -0.05) is 113 Å². The van der Waals surface area contributed by atoms with Gasteiger partial charge in [-0.05, 0) is 63.1 Å². The van der Waals surface area contributed by atoms with E-state index in [0.29, 0.717) is 11.8 Å². The van der Waals surface area contributed by atoms with Crippen LogP contribution in [0.1, 0.15) is 57.2 Å². The number of benzene rings is 5. The number of oxazole rings is 1. The summed E-state index contributed by atoms with van der Waals surface area (Å²) in [4.78, 5) is 10.00. The van der Waals surface area contributed by atoms with E-state index in [2.05, 4.69) is 113 Å². The minimum absolute atomic E-state index is 0.0355. The second-order valence-electron chi connectivity index (χ2n) is 11.8. The molecule has 6 rings (SSSR count). The van der Waals surface area contributed by atoms with Crippen molar-refractivity contribution in [3.05, 3.63) is 120 Å². The van der Waals surface area contributed by atoms with Gasteiger partial charge in [0.1, 0.15) is 5.52 Å². The first kappa shape index (κ1) is 25.8. The minimum Gasteiger partial charge on any atom is -0.436 e. The molecule has 3 nitrogen and oxygen atoms in total. The van der Waals surface area contributed by atoms with Gasteiger partial charge in [0.25, 0.3) is 0 Å². The molecule has 0 aliphatic rings. The Bertz CT molecular complexity index is 1860. The van der Waals surface area contributed by atoms with Crippen molar-refractivity contribution in [2.75, 3.05) is 0 Å². The zero-order valence-corrected chi connectivity index (χ0v) is 23.8. The molecule has 0 aliphatic heterocycles. The normalized spacial score (nSPS) is 12.2. The van der Waals surface area contributed by atoms with Crippen molar-refractivity contribution in [1.29, 1.82) is 0 Å². The Labute approximate surface area is 236 Å². The minimum atomic E-state index is -0.0355. The third-order valence-electron chi connectivity index (χ3n) is 7.53. The predicted molar refractivity (Wildman–Crippen MR) is 169 cm³/mol. The summed E-state index contributed by atoms with van der Waals surface area (Å²) >= 11 is 0. The van der Waals surface area contributed by atoms with Crippen molar-refractivity contribution in [2.45, 2.75) is 46.0 Å². The summed E-state index contributed by atoms with van der Waals surface area (Å²) in [6.07, 6.45) is 1.93. The molecular formula is C37H34N2O. The maximum absolute atomic E-state index is 6.51. The lowest BCUT2D eigenvalue weighted by Crippen LogP contribution is -2.11. The standard InChI is InChI=1S/C37H34N2O/c1-24(2)26-14-11-15-27(20-26)32-21-29(37(3,4)5)22-34-35(32)39-36(40-34)31-18-8-9-19-33(31)38-23-28-16-10-13-25-12-6-7-17-30(25)28/h6-24H,1-5H3. The Kier molecular flexibility index (Phi) is 6.59. The first-order valence-electron chi connectivity index (χ1n) is 13.9. The summed E-state index contributed by atoms with van der Waals surface area (Å²) in [7, 11) is 0. The van der Waals surface area contributed by atoms with Crippen LogP contribution < -0.4 is 0 Å². The van der Waals surface area contributed by atoms with Crippen LogP contribution in [-0.4, -0.2) is 11.2 Å². The van der Waals surface area contributed by atoms with Crippen LogP contribution in [0.3, 0.4) is 0 Å². The summed E-state index contributed by atoms with van der Waals surface area (Å²) in [5, 5.41) is 2.37. The average Bonchev–Trinajstić information content (AvgIpc) is 3.39. The van der Waals surface area contributed by atoms with E-state index in [1.54, 1.807) is 0 Å². The lowest BCUT2D eigenvalue weighted by Gasteiger charge is -2.20. The summed E-state index contributed by atoms with van der Waals surface area (Å²) in [5.74, 6) is 1.02. The van der Waals surface area contributed by atoms with Gasteiger partial charge in [0.05, 0.1) is 11.3 Å². The van der Waals surface area contributed by atoms with E-state index in [9.17, 15) is 0 Å². The molecule has 0 saturated carbocycles. The molecule has 0 spiro atoms. The molecule has 3 heteroatoms. The van der Waals surface area contributed by atoms with E-state index in [-0.39, 0.29) is 5.41 Å². The van der Waals surface area contributed by atoms with Crippen molar-refractivity contribution < 1.29 is 4.42 Å². The predicted octanol–water partition coefficient (Wildman–Crippen LogP) is 10.5. The number of hydrogen-bond donors (Lipinski definition) is 0. The van der Waals surface area contributed by atoms with Crippen LogP contribution >= 0.6 is 0 Å². The summed E-state index contributed by atoms with van der Waals surface area (Å²) in [6, 6.07) is 35.9. The van der Waals surface area contributed by atoms with Gasteiger partial charge in [0, 0.05) is 17.3 Å². The summed E-state index contributed by atoms with van der Waals surface area (Å²) in [6.45, 7) is 11.2. The zero-order chi connectivity index (χ0) is 27.9. The van der Waals surface area contributed by atoms with E-state index < -0.39 is 0 Å². The molecule has 40 heavy (non-hydrogen) atoms. The molecule has 0 aliphatic carbocycles. The molecule has 1 aromatic heterocycles. The molecule has 0 bridgehead atoms. The highest BCUT2D eigenvalue weighted by Crippen LogP contribution is 2.39. The molecule has 0 saturated heterocycles. The van der Waals surface area contributed by atoms with Gasteiger partial charge < -0.3 is 4.42 Å². The Hall–Kier alpha value is -4.50. The fourth-order valence-electron chi connectivity index (χ4n) is 5.13. The Morgan fingerprint density at radius 2 is 1.52 bits per heavy atom. The van der Waals surface area contributed by atoms with Crippen molar-refractivity contribution in [1.82, 2.24) is 4.98 Å². The number of rotatable bonds is 5. The van der Waals surface area contributed by atoms with Crippen LogP contribution in [0.5, 0.6) is 0 Å². The van der Waals surface area contributed by atoms with Crippen molar-refractivity contribution >= 4 is 33.8 Å². The molecule has 0 atom stereocenters. The monoisotopic (exact) mass is 522 g/mol.